The van der Waals surface area contributed by atoms with E-state index in [4.69, 9.17) is 9.15 Å². The van der Waals surface area contributed by atoms with Gasteiger partial charge >= 0.3 is 0 Å². The summed E-state index contributed by atoms with van der Waals surface area (Å²) in [7, 11) is 0. The van der Waals surface area contributed by atoms with E-state index in [1.165, 1.54) is 11.3 Å². The Kier molecular flexibility index (Phi) is 3.02. The summed E-state index contributed by atoms with van der Waals surface area (Å²) in [5.41, 5.74) is 2.21. The summed E-state index contributed by atoms with van der Waals surface area (Å²) in [6.45, 7) is 1.32. The molecule has 2 aromatic heterocycles. The molecule has 23 heavy (non-hydrogen) atoms. The van der Waals surface area contributed by atoms with Crippen LogP contribution in [0.25, 0.3) is 0 Å². The van der Waals surface area contributed by atoms with Gasteiger partial charge in [0.15, 0.2) is 0 Å². The Morgan fingerprint density at radius 1 is 1.26 bits per heavy atom. The monoisotopic (exact) mass is 332 g/mol. The smallest absolute Gasteiger partial charge is 0.273 e. The van der Waals surface area contributed by atoms with Crippen LogP contribution in [0, 0.1) is 5.92 Å². The van der Waals surface area contributed by atoms with Crippen LogP contribution in [0.5, 0.6) is 0 Å². The van der Waals surface area contributed by atoms with Gasteiger partial charge in [-0.15, -0.1) is 21.5 Å². The van der Waals surface area contributed by atoms with Crippen molar-refractivity contribution in [2.75, 3.05) is 13.1 Å². The number of ether oxygens (including phenoxy) is 1. The quantitative estimate of drug-likeness (QED) is 0.855. The van der Waals surface area contributed by atoms with Crippen molar-refractivity contribution in [3.05, 3.63) is 28.4 Å². The first-order chi connectivity index (χ1) is 11.3. The summed E-state index contributed by atoms with van der Waals surface area (Å²) in [5, 5.41) is 10.1. The maximum atomic E-state index is 12.3. The molecule has 3 fully saturated rings. The minimum absolute atomic E-state index is 0.00499. The fourth-order valence-corrected chi connectivity index (χ4v) is 3.97. The molecule has 1 aliphatic carbocycles. The number of aromatic nitrogens is 3. The topological polar surface area (TPSA) is 81.4 Å². The van der Waals surface area contributed by atoms with Gasteiger partial charge in [-0.25, -0.2) is 4.98 Å². The molecule has 8 heteroatoms. The van der Waals surface area contributed by atoms with E-state index in [0.717, 1.165) is 25.2 Å². The van der Waals surface area contributed by atoms with E-state index in [2.05, 4.69) is 15.2 Å². The first kappa shape index (κ1) is 13.6. The van der Waals surface area contributed by atoms with Crippen LogP contribution in [0.2, 0.25) is 0 Å². The van der Waals surface area contributed by atoms with E-state index < -0.39 is 0 Å². The molecular weight excluding hydrogens is 316 g/mol. The fraction of sp³-hybridized carbons (Fsp3) is 0.600. The highest BCUT2D eigenvalue weighted by Crippen LogP contribution is 2.43. The molecule has 4 heterocycles. The van der Waals surface area contributed by atoms with Crippen LogP contribution in [-0.2, 0) is 4.74 Å². The second-order valence-electron chi connectivity index (χ2n) is 6.50. The van der Waals surface area contributed by atoms with Crippen LogP contribution in [0.4, 0.5) is 0 Å². The number of amides is 1. The predicted molar refractivity (Wildman–Crippen MR) is 80.0 cm³/mol. The van der Waals surface area contributed by atoms with E-state index in [9.17, 15) is 4.79 Å². The van der Waals surface area contributed by atoms with E-state index >= 15 is 0 Å². The molecule has 0 unspecified atom stereocenters. The third kappa shape index (κ3) is 2.36. The Morgan fingerprint density at radius 3 is 2.87 bits per heavy atom. The lowest BCUT2D eigenvalue weighted by molar-refractivity contribution is 0.0221. The van der Waals surface area contributed by atoms with Gasteiger partial charge in [-0.05, 0) is 19.3 Å². The first-order valence-corrected chi connectivity index (χ1v) is 8.88. The zero-order chi connectivity index (χ0) is 15.4. The summed E-state index contributed by atoms with van der Waals surface area (Å²) in [6, 6.07) is 0. The Morgan fingerprint density at radius 2 is 2.13 bits per heavy atom. The molecule has 3 atom stereocenters. The van der Waals surface area contributed by atoms with Crippen LogP contribution in [0.1, 0.15) is 53.6 Å². The van der Waals surface area contributed by atoms with Gasteiger partial charge in [-0.1, -0.05) is 0 Å². The van der Waals surface area contributed by atoms with Crippen molar-refractivity contribution in [2.45, 2.75) is 37.4 Å². The molecule has 0 N–H and O–H groups in total. The number of thiazole rings is 1. The predicted octanol–water partition coefficient (Wildman–Crippen LogP) is 2.01. The lowest BCUT2D eigenvalue weighted by atomic mass is 10.0. The van der Waals surface area contributed by atoms with Gasteiger partial charge < -0.3 is 14.1 Å². The van der Waals surface area contributed by atoms with Crippen LogP contribution < -0.4 is 0 Å². The Balaban J connectivity index is 1.25. The number of nitrogens with zero attached hydrogens (tertiary/aromatic N) is 4. The zero-order valence-corrected chi connectivity index (χ0v) is 13.2. The number of hydrogen-bond donors (Lipinski definition) is 0. The summed E-state index contributed by atoms with van der Waals surface area (Å²) in [4.78, 5) is 18.3. The van der Waals surface area contributed by atoms with Crippen LogP contribution in [-0.4, -0.2) is 45.2 Å². The molecule has 0 radical (unpaired) electrons. The van der Waals surface area contributed by atoms with Crippen molar-refractivity contribution in [3.8, 4) is 0 Å². The zero-order valence-electron chi connectivity index (χ0n) is 12.4. The number of rotatable bonds is 3. The Hall–Kier alpha value is -1.80. The molecule has 0 bridgehead atoms. The molecule has 120 valence electrons. The summed E-state index contributed by atoms with van der Waals surface area (Å²) in [6.07, 6.45) is 3.05. The summed E-state index contributed by atoms with van der Waals surface area (Å²) in [5.74, 6) is 2.14. The van der Waals surface area contributed by atoms with Crippen molar-refractivity contribution in [1.29, 1.82) is 0 Å². The number of carbonyl (C=O) groups excluding carboxylic acids is 1. The molecule has 5 rings (SSSR count). The van der Waals surface area contributed by atoms with Crippen molar-refractivity contribution in [2.24, 2.45) is 5.92 Å². The maximum Gasteiger partial charge on any atom is 0.273 e. The van der Waals surface area contributed by atoms with Crippen LogP contribution in [0.3, 0.4) is 0 Å². The highest BCUT2D eigenvalue weighted by Gasteiger charge is 2.46. The van der Waals surface area contributed by atoms with Gasteiger partial charge in [-0.2, -0.15) is 0 Å². The number of carbonyl (C=O) groups is 1. The molecule has 2 saturated heterocycles. The number of hydrogen-bond acceptors (Lipinski definition) is 7. The Bertz CT molecular complexity index is 713. The second kappa shape index (κ2) is 5.10. The van der Waals surface area contributed by atoms with Crippen LogP contribution in [0.15, 0.2) is 15.3 Å². The molecule has 7 nitrogen and oxygen atoms in total. The lowest BCUT2D eigenvalue weighted by Gasteiger charge is -2.17. The Labute approximate surface area is 136 Å². The normalized spacial score (nSPS) is 29.9. The van der Waals surface area contributed by atoms with E-state index in [-0.39, 0.29) is 18.1 Å². The molecule has 0 spiro atoms. The maximum absolute atomic E-state index is 12.3. The minimum atomic E-state index is -0.124. The summed E-state index contributed by atoms with van der Waals surface area (Å²) < 4.78 is 11.8. The molecule has 2 aromatic rings. The average molecular weight is 332 g/mol. The lowest BCUT2D eigenvalue weighted by Crippen LogP contribution is -2.31. The second-order valence-corrected chi connectivity index (χ2v) is 7.21. The van der Waals surface area contributed by atoms with Crippen LogP contribution >= 0.6 is 11.3 Å². The molecule has 0 aromatic carbocycles. The van der Waals surface area contributed by atoms with Gasteiger partial charge in [0.1, 0.15) is 11.8 Å². The van der Waals surface area contributed by atoms with Crippen molar-refractivity contribution < 1.29 is 13.9 Å². The SMILES string of the molecule is O=C(c1cscn1)N1C[C@H]2C[C@H](c3nnc(C4CC4)o3)O[C@H]2C1. The van der Waals surface area contributed by atoms with Gasteiger partial charge in [-0.3, -0.25) is 4.79 Å². The third-order valence-corrected chi connectivity index (χ3v) is 5.42. The van der Waals surface area contributed by atoms with Gasteiger partial charge in [0, 0.05) is 30.3 Å². The van der Waals surface area contributed by atoms with Gasteiger partial charge in [0.25, 0.3) is 5.91 Å². The fourth-order valence-electron chi connectivity index (χ4n) is 3.44. The summed E-state index contributed by atoms with van der Waals surface area (Å²) >= 11 is 1.44. The third-order valence-electron chi connectivity index (χ3n) is 4.83. The molecule has 3 aliphatic rings. The minimum Gasteiger partial charge on any atom is -0.422 e. The van der Waals surface area contributed by atoms with Gasteiger partial charge in [0.2, 0.25) is 11.8 Å². The number of likely N-dealkylation sites (tertiary alicyclic amines) is 1. The highest BCUT2D eigenvalue weighted by molar-refractivity contribution is 7.07. The van der Waals surface area contributed by atoms with E-state index in [1.807, 2.05) is 4.90 Å². The largest absolute Gasteiger partial charge is 0.422 e. The molecule has 1 amide bonds. The van der Waals surface area contributed by atoms with Crippen molar-refractivity contribution in [1.82, 2.24) is 20.1 Å². The highest BCUT2D eigenvalue weighted by atomic mass is 32.1. The van der Waals surface area contributed by atoms with Gasteiger partial charge in [0.05, 0.1) is 11.6 Å². The molecule has 1 saturated carbocycles. The molecule has 2 aliphatic heterocycles. The number of fused-ring (bicyclic) bond motifs is 1. The average Bonchev–Trinajstić information content (AvgIpc) is 3.00. The van der Waals surface area contributed by atoms with E-state index in [1.54, 1.807) is 10.9 Å². The van der Waals surface area contributed by atoms with E-state index in [0.29, 0.717) is 36.5 Å². The first-order valence-electron chi connectivity index (χ1n) is 7.94. The van der Waals surface area contributed by atoms with Crippen molar-refractivity contribution >= 4 is 17.2 Å². The van der Waals surface area contributed by atoms with Crippen molar-refractivity contribution in [3.63, 3.8) is 0 Å². The standard InChI is InChI=1S/C15H16N4O3S/c20-15(10-6-23-7-16-10)19-4-9-3-11(21-12(9)5-19)14-18-17-13(22-14)8-1-2-8/h6-9,11-12H,1-5H2/t9-,11-,12+/m1/s1. The molecular formula is C15H16N4O3S.